The van der Waals surface area contributed by atoms with Gasteiger partial charge in [-0.2, -0.15) is 0 Å². The molecule has 0 aromatic rings. The van der Waals surface area contributed by atoms with Crippen molar-refractivity contribution in [3.8, 4) is 0 Å². The SMILES string of the molecule is CNCC1(CN(CC(C)C)C(C)C)CCCOC1. The molecule has 1 rings (SSSR count). The Morgan fingerprint density at radius 2 is 2.00 bits per heavy atom. The minimum atomic E-state index is 0.312. The summed E-state index contributed by atoms with van der Waals surface area (Å²) in [4.78, 5) is 2.62. The van der Waals surface area contributed by atoms with Crippen molar-refractivity contribution in [3.05, 3.63) is 0 Å². The number of nitrogens with one attached hydrogen (secondary N) is 1. The van der Waals surface area contributed by atoms with Crippen molar-refractivity contribution in [2.24, 2.45) is 11.3 Å². The highest BCUT2D eigenvalue weighted by Gasteiger charge is 2.34. The van der Waals surface area contributed by atoms with Crippen molar-refractivity contribution in [3.63, 3.8) is 0 Å². The smallest absolute Gasteiger partial charge is 0.0546 e. The molecular weight excluding hydrogens is 224 g/mol. The van der Waals surface area contributed by atoms with Crippen LogP contribution in [0.15, 0.2) is 0 Å². The van der Waals surface area contributed by atoms with E-state index in [1.54, 1.807) is 0 Å². The molecule has 1 aliphatic heterocycles. The summed E-state index contributed by atoms with van der Waals surface area (Å²) >= 11 is 0. The monoisotopic (exact) mass is 256 g/mol. The van der Waals surface area contributed by atoms with Crippen molar-refractivity contribution in [2.75, 3.05) is 39.9 Å². The van der Waals surface area contributed by atoms with Crippen molar-refractivity contribution in [1.82, 2.24) is 10.2 Å². The number of hydrogen-bond acceptors (Lipinski definition) is 3. The van der Waals surface area contributed by atoms with E-state index in [1.807, 2.05) is 0 Å². The maximum absolute atomic E-state index is 5.76. The highest BCUT2D eigenvalue weighted by atomic mass is 16.5. The second kappa shape index (κ2) is 7.46. The molecular formula is C15H32N2O. The van der Waals surface area contributed by atoms with E-state index in [4.69, 9.17) is 4.74 Å². The molecule has 1 aliphatic rings. The molecule has 1 fully saturated rings. The summed E-state index contributed by atoms with van der Waals surface area (Å²) in [5.41, 5.74) is 0.312. The summed E-state index contributed by atoms with van der Waals surface area (Å²) in [6, 6.07) is 0.614. The number of hydrogen-bond donors (Lipinski definition) is 1. The zero-order valence-electron chi connectivity index (χ0n) is 13.0. The van der Waals surface area contributed by atoms with Gasteiger partial charge < -0.3 is 10.1 Å². The fourth-order valence-corrected chi connectivity index (χ4v) is 2.96. The highest BCUT2D eigenvalue weighted by Crippen LogP contribution is 2.30. The van der Waals surface area contributed by atoms with E-state index in [0.29, 0.717) is 11.5 Å². The summed E-state index contributed by atoms with van der Waals surface area (Å²) in [5, 5.41) is 3.37. The minimum Gasteiger partial charge on any atom is -0.381 e. The Bertz CT molecular complexity index is 217. The molecule has 0 bridgehead atoms. The van der Waals surface area contributed by atoms with Crippen LogP contribution in [0, 0.1) is 11.3 Å². The Morgan fingerprint density at radius 1 is 1.28 bits per heavy atom. The van der Waals surface area contributed by atoms with Gasteiger partial charge in [-0.15, -0.1) is 0 Å². The number of rotatable bonds is 7. The summed E-state index contributed by atoms with van der Waals surface area (Å²) in [6.07, 6.45) is 2.49. The summed E-state index contributed by atoms with van der Waals surface area (Å²) in [6.45, 7) is 14.5. The van der Waals surface area contributed by atoms with Gasteiger partial charge in [0.1, 0.15) is 0 Å². The summed E-state index contributed by atoms with van der Waals surface area (Å²) in [5.74, 6) is 0.726. The lowest BCUT2D eigenvalue weighted by molar-refractivity contribution is -0.0317. The number of nitrogens with zero attached hydrogens (tertiary/aromatic N) is 1. The lowest BCUT2D eigenvalue weighted by atomic mass is 9.81. The Hall–Kier alpha value is -0.120. The van der Waals surface area contributed by atoms with Crippen LogP contribution in [0.5, 0.6) is 0 Å². The van der Waals surface area contributed by atoms with Crippen LogP contribution < -0.4 is 5.32 Å². The van der Waals surface area contributed by atoms with E-state index in [1.165, 1.54) is 19.4 Å². The van der Waals surface area contributed by atoms with Crippen molar-refractivity contribution >= 4 is 0 Å². The molecule has 0 aliphatic carbocycles. The van der Waals surface area contributed by atoms with Crippen LogP contribution in [0.2, 0.25) is 0 Å². The molecule has 1 atom stereocenters. The molecule has 3 heteroatoms. The van der Waals surface area contributed by atoms with E-state index in [0.717, 1.165) is 32.2 Å². The fraction of sp³-hybridized carbons (Fsp3) is 1.00. The average Bonchev–Trinajstić information content (AvgIpc) is 2.29. The van der Waals surface area contributed by atoms with E-state index in [-0.39, 0.29) is 0 Å². The van der Waals surface area contributed by atoms with Crippen LogP contribution in [0.25, 0.3) is 0 Å². The Kier molecular flexibility index (Phi) is 6.61. The molecule has 108 valence electrons. The average molecular weight is 256 g/mol. The van der Waals surface area contributed by atoms with Crippen LogP contribution in [-0.4, -0.2) is 50.8 Å². The third-order valence-electron chi connectivity index (χ3n) is 3.82. The Balaban J connectivity index is 2.66. The largest absolute Gasteiger partial charge is 0.381 e. The lowest BCUT2D eigenvalue weighted by Crippen LogP contribution is -2.50. The molecule has 0 aromatic heterocycles. The van der Waals surface area contributed by atoms with Gasteiger partial charge in [-0.1, -0.05) is 13.8 Å². The molecule has 1 unspecified atom stereocenters. The third kappa shape index (κ3) is 4.87. The van der Waals surface area contributed by atoms with Gasteiger partial charge in [0, 0.05) is 37.7 Å². The Labute approximate surface area is 113 Å². The first-order chi connectivity index (χ1) is 8.49. The molecule has 0 amide bonds. The van der Waals surface area contributed by atoms with Gasteiger partial charge in [-0.25, -0.2) is 0 Å². The van der Waals surface area contributed by atoms with Crippen LogP contribution in [0.3, 0.4) is 0 Å². The van der Waals surface area contributed by atoms with Gasteiger partial charge >= 0.3 is 0 Å². The Morgan fingerprint density at radius 3 is 2.44 bits per heavy atom. The standard InChI is InChI=1S/C15H32N2O/c1-13(2)9-17(14(3)4)11-15(10-16-5)7-6-8-18-12-15/h13-14,16H,6-12H2,1-5H3. The zero-order valence-corrected chi connectivity index (χ0v) is 13.0. The van der Waals surface area contributed by atoms with E-state index in [2.05, 4.69) is 45.0 Å². The predicted molar refractivity (Wildman–Crippen MR) is 78.0 cm³/mol. The molecule has 1 N–H and O–H groups in total. The van der Waals surface area contributed by atoms with Crippen molar-refractivity contribution in [1.29, 1.82) is 0 Å². The van der Waals surface area contributed by atoms with E-state index >= 15 is 0 Å². The molecule has 3 nitrogen and oxygen atoms in total. The summed E-state index contributed by atoms with van der Waals surface area (Å²) < 4.78 is 5.76. The van der Waals surface area contributed by atoms with Crippen LogP contribution in [-0.2, 0) is 4.74 Å². The van der Waals surface area contributed by atoms with Gasteiger partial charge in [-0.3, -0.25) is 4.90 Å². The first-order valence-corrected chi connectivity index (χ1v) is 7.45. The highest BCUT2D eigenvalue weighted by molar-refractivity contribution is 4.88. The van der Waals surface area contributed by atoms with Crippen molar-refractivity contribution in [2.45, 2.75) is 46.6 Å². The second-order valence-electron chi connectivity index (χ2n) is 6.60. The molecule has 18 heavy (non-hydrogen) atoms. The molecule has 1 heterocycles. The fourth-order valence-electron chi connectivity index (χ4n) is 2.96. The molecule has 0 saturated carbocycles. The summed E-state index contributed by atoms with van der Waals surface area (Å²) in [7, 11) is 2.05. The van der Waals surface area contributed by atoms with Crippen LogP contribution in [0.4, 0.5) is 0 Å². The first kappa shape index (κ1) is 15.9. The maximum Gasteiger partial charge on any atom is 0.0546 e. The topological polar surface area (TPSA) is 24.5 Å². The molecule has 0 spiro atoms. The van der Waals surface area contributed by atoms with Crippen LogP contribution in [0.1, 0.15) is 40.5 Å². The van der Waals surface area contributed by atoms with E-state index in [9.17, 15) is 0 Å². The quantitative estimate of drug-likeness (QED) is 0.757. The predicted octanol–water partition coefficient (Wildman–Crippen LogP) is 2.37. The van der Waals surface area contributed by atoms with Gasteiger partial charge in [-0.05, 0) is 39.7 Å². The van der Waals surface area contributed by atoms with Gasteiger partial charge in [0.25, 0.3) is 0 Å². The van der Waals surface area contributed by atoms with Crippen molar-refractivity contribution < 1.29 is 4.74 Å². The van der Waals surface area contributed by atoms with Gasteiger partial charge in [0.05, 0.1) is 6.61 Å². The molecule has 1 saturated heterocycles. The molecule has 0 aromatic carbocycles. The van der Waals surface area contributed by atoms with Gasteiger partial charge in [0.15, 0.2) is 0 Å². The maximum atomic E-state index is 5.76. The van der Waals surface area contributed by atoms with E-state index < -0.39 is 0 Å². The zero-order chi connectivity index (χ0) is 13.6. The number of ether oxygens (including phenoxy) is 1. The van der Waals surface area contributed by atoms with Crippen LogP contribution >= 0.6 is 0 Å². The molecule has 0 radical (unpaired) electrons. The normalized spacial score (nSPS) is 25.3. The first-order valence-electron chi connectivity index (χ1n) is 7.45. The van der Waals surface area contributed by atoms with Gasteiger partial charge in [0.2, 0.25) is 0 Å². The minimum absolute atomic E-state index is 0.312. The lowest BCUT2D eigenvalue weighted by Gasteiger charge is -2.42. The third-order valence-corrected chi connectivity index (χ3v) is 3.82. The second-order valence-corrected chi connectivity index (χ2v) is 6.60.